The maximum absolute atomic E-state index is 12.6. The zero-order chi connectivity index (χ0) is 22.1. The molecule has 1 N–H and O–H groups in total. The van der Waals surface area contributed by atoms with Crippen molar-refractivity contribution in [3.05, 3.63) is 46.8 Å². The molecule has 158 valence electrons. The van der Waals surface area contributed by atoms with Gasteiger partial charge < -0.3 is 9.72 Å². The van der Waals surface area contributed by atoms with Crippen LogP contribution in [0.1, 0.15) is 39.0 Å². The molecule has 0 radical (unpaired) electrons. The number of halogens is 3. The Labute approximate surface area is 172 Å². The van der Waals surface area contributed by atoms with Gasteiger partial charge >= 0.3 is 6.36 Å². The average molecular weight is 439 g/mol. The second-order valence-corrected chi connectivity index (χ2v) is 7.25. The number of thioether (sulfide) groups is 1. The van der Waals surface area contributed by atoms with Crippen molar-refractivity contribution in [1.82, 2.24) is 25.2 Å². The van der Waals surface area contributed by atoms with E-state index in [9.17, 15) is 22.8 Å². The van der Waals surface area contributed by atoms with Crippen LogP contribution in [0.2, 0.25) is 0 Å². The number of benzene rings is 1. The van der Waals surface area contributed by atoms with Crippen molar-refractivity contribution < 1.29 is 27.5 Å². The molecule has 0 bridgehead atoms. The van der Waals surface area contributed by atoms with Crippen LogP contribution in [0.15, 0.2) is 29.4 Å². The number of rotatable bonds is 7. The monoisotopic (exact) mass is 439 g/mol. The Morgan fingerprint density at radius 1 is 1.20 bits per heavy atom. The van der Waals surface area contributed by atoms with Gasteiger partial charge in [-0.05, 0) is 61.0 Å². The number of Topliss-reactive ketones (excluding diaryl/α,β-unsaturated/α-hetero) is 2. The van der Waals surface area contributed by atoms with Crippen LogP contribution in [0.3, 0.4) is 0 Å². The molecular formula is C18H16F3N5O3S. The number of aryl methyl sites for hydroxylation is 1. The summed E-state index contributed by atoms with van der Waals surface area (Å²) in [5.41, 5.74) is 2.45. The minimum absolute atomic E-state index is 0.00617. The summed E-state index contributed by atoms with van der Waals surface area (Å²) >= 11 is 1.06. The first kappa shape index (κ1) is 21.6. The highest BCUT2D eigenvalue weighted by molar-refractivity contribution is 7.99. The van der Waals surface area contributed by atoms with E-state index >= 15 is 0 Å². The van der Waals surface area contributed by atoms with Gasteiger partial charge in [-0.1, -0.05) is 11.8 Å². The number of nitrogens with zero attached hydrogens (tertiary/aromatic N) is 4. The smallest absolute Gasteiger partial charge is 0.406 e. The molecular weight excluding hydrogens is 423 g/mol. The van der Waals surface area contributed by atoms with E-state index in [2.05, 4.69) is 25.2 Å². The summed E-state index contributed by atoms with van der Waals surface area (Å²) in [5.74, 6) is -0.748. The second kappa shape index (κ2) is 8.30. The summed E-state index contributed by atoms with van der Waals surface area (Å²) in [7, 11) is 0. The number of hydrogen-bond donors (Lipinski definition) is 1. The van der Waals surface area contributed by atoms with Crippen LogP contribution in [0, 0.1) is 13.8 Å². The lowest BCUT2D eigenvalue weighted by Crippen LogP contribution is -2.17. The maximum Gasteiger partial charge on any atom is 0.573 e. The lowest BCUT2D eigenvalue weighted by atomic mass is 10.1. The van der Waals surface area contributed by atoms with Gasteiger partial charge in [0.2, 0.25) is 5.16 Å². The van der Waals surface area contributed by atoms with Crippen LogP contribution in [-0.2, 0) is 0 Å². The van der Waals surface area contributed by atoms with Gasteiger partial charge in [-0.15, -0.1) is 18.3 Å². The number of ether oxygens (including phenoxy) is 1. The Bertz CT molecular complexity index is 1090. The lowest BCUT2D eigenvalue weighted by molar-refractivity contribution is -0.274. The molecule has 12 heteroatoms. The molecule has 0 saturated carbocycles. The number of tetrazole rings is 1. The SMILES string of the molecule is CC(=O)c1c(C)[nH]c(C(=O)CSc2nnnn2-c2ccc(OC(F)(F)F)cc2)c1C. The number of H-pyrrole nitrogens is 1. The summed E-state index contributed by atoms with van der Waals surface area (Å²) in [4.78, 5) is 27.3. The van der Waals surface area contributed by atoms with Crippen molar-refractivity contribution in [2.75, 3.05) is 5.75 Å². The topological polar surface area (TPSA) is 103 Å². The van der Waals surface area contributed by atoms with E-state index in [0.29, 0.717) is 28.2 Å². The van der Waals surface area contributed by atoms with Crippen molar-refractivity contribution >= 4 is 23.3 Å². The fraction of sp³-hybridized carbons (Fsp3) is 0.278. The number of alkyl halides is 3. The molecule has 0 aliphatic carbocycles. The molecule has 3 rings (SSSR count). The average Bonchev–Trinajstić information content (AvgIpc) is 3.23. The molecule has 0 saturated heterocycles. The number of nitrogens with one attached hydrogen (secondary N) is 1. The van der Waals surface area contributed by atoms with Crippen LogP contribution in [-0.4, -0.2) is 48.9 Å². The second-order valence-electron chi connectivity index (χ2n) is 6.31. The third-order valence-electron chi connectivity index (χ3n) is 4.16. The molecule has 0 amide bonds. The lowest BCUT2D eigenvalue weighted by Gasteiger charge is -2.09. The zero-order valence-electron chi connectivity index (χ0n) is 16.1. The van der Waals surface area contributed by atoms with Crippen LogP contribution in [0.25, 0.3) is 5.69 Å². The first-order valence-corrected chi connectivity index (χ1v) is 9.56. The van der Waals surface area contributed by atoms with Gasteiger partial charge in [0.25, 0.3) is 0 Å². The molecule has 2 aromatic heterocycles. The molecule has 30 heavy (non-hydrogen) atoms. The van der Waals surface area contributed by atoms with E-state index in [4.69, 9.17) is 0 Å². The summed E-state index contributed by atoms with van der Waals surface area (Å²) in [6, 6.07) is 5.00. The third-order valence-corrected chi connectivity index (χ3v) is 5.08. The number of carbonyl (C=O) groups is 2. The highest BCUT2D eigenvalue weighted by atomic mass is 32.2. The standard InChI is InChI=1S/C18H16F3N5O3S/c1-9-15(11(3)27)10(2)22-16(9)14(28)8-30-17-23-24-25-26(17)12-4-6-13(7-5-12)29-18(19,20)21/h4-7,22H,8H2,1-3H3. The Kier molecular flexibility index (Phi) is 5.97. The fourth-order valence-corrected chi connectivity index (χ4v) is 3.74. The minimum atomic E-state index is -4.78. The Morgan fingerprint density at radius 3 is 2.43 bits per heavy atom. The van der Waals surface area contributed by atoms with Crippen molar-refractivity contribution in [2.45, 2.75) is 32.3 Å². The summed E-state index contributed by atoms with van der Waals surface area (Å²) in [6.07, 6.45) is -4.78. The van der Waals surface area contributed by atoms with E-state index < -0.39 is 6.36 Å². The summed E-state index contributed by atoms with van der Waals surface area (Å²) in [6.45, 7) is 4.86. The van der Waals surface area contributed by atoms with E-state index in [1.807, 2.05) is 0 Å². The van der Waals surface area contributed by atoms with Gasteiger partial charge in [-0.25, -0.2) is 0 Å². The quantitative estimate of drug-likeness (QED) is 0.442. The summed E-state index contributed by atoms with van der Waals surface area (Å²) < 4.78 is 42.0. The molecule has 0 atom stereocenters. The third kappa shape index (κ3) is 4.70. The zero-order valence-corrected chi connectivity index (χ0v) is 16.9. The normalized spacial score (nSPS) is 11.5. The molecule has 2 heterocycles. The van der Waals surface area contributed by atoms with Crippen molar-refractivity contribution in [3.8, 4) is 11.4 Å². The molecule has 0 fully saturated rings. The number of ketones is 2. The molecule has 0 unspecified atom stereocenters. The van der Waals surface area contributed by atoms with Crippen LogP contribution < -0.4 is 4.74 Å². The summed E-state index contributed by atoms with van der Waals surface area (Å²) in [5, 5.41) is 11.5. The molecule has 1 aromatic carbocycles. The van der Waals surface area contributed by atoms with Gasteiger partial charge in [0.1, 0.15) is 5.75 Å². The van der Waals surface area contributed by atoms with E-state index in [-0.39, 0.29) is 28.2 Å². The first-order chi connectivity index (χ1) is 14.1. The van der Waals surface area contributed by atoms with Crippen LogP contribution in [0.4, 0.5) is 13.2 Å². The number of aromatic nitrogens is 5. The highest BCUT2D eigenvalue weighted by Crippen LogP contribution is 2.26. The van der Waals surface area contributed by atoms with Crippen molar-refractivity contribution in [2.24, 2.45) is 0 Å². The largest absolute Gasteiger partial charge is 0.573 e. The van der Waals surface area contributed by atoms with Crippen molar-refractivity contribution in [3.63, 3.8) is 0 Å². The van der Waals surface area contributed by atoms with E-state index in [1.54, 1.807) is 13.8 Å². The molecule has 8 nitrogen and oxygen atoms in total. The van der Waals surface area contributed by atoms with Gasteiger partial charge in [-0.2, -0.15) is 4.68 Å². The first-order valence-electron chi connectivity index (χ1n) is 8.57. The predicted octanol–water partition coefficient (Wildman–Crippen LogP) is 3.68. The number of carbonyl (C=O) groups excluding carboxylic acids is 2. The fourth-order valence-electron chi connectivity index (χ4n) is 2.98. The molecule has 0 aliphatic heterocycles. The number of aromatic amines is 1. The van der Waals surface area contributed by atoms with Gasteiger partial charge in [0, 0.05) is 11.3 Å². The minimum Gasteiger partial charge on any atom is -0.406 e. The van der Waals surface area contributed by atoms with Gasteiger partial charge in [-0.3, -0.25) is 9.59 Å². The van der Waals surface area contributed by atoms with Gasteiger partial charge in [0.05, 0.1) is 17.1 Å². The maximum atomic E-state index is 12.6. The molecule has 3 aromatic rings. The molecule has 0 aliphatic rings. The predicted molar refractivity (Wildman–Crippen MR) is 101 cm³/mol. The molecule has 0 spiro atoms. The number of hydrogen-bond acceptors (Lipinski definition) is 7. The Balaban J connectivity index is 1.73. The highest BCUT2D eigenvalue weighted by Gasteiger charge is 2.31. The van der Waals surface area contributed by atoms with Gasteiger partial charge in [0.15, 0.2) is 11.6 Å². The van der Waals surface area contributed by atoms with Crippen LogP contribution in [0.5, 0.6) is 5.75 Å². The van der Waals surface area contributed by atoms with E-state index in [0.717, 1.165) is 23.9 Å². The van der Waals surface area contributed by atoms with Crippen molar-refractivity contribution in [1.29, 1.82) is 0 Å². The van der Waals surface area contributed by atoms with E-state index in [1.165, 1.54) is 23.7 Å². The Hall–Kier alpha value is -3.15. The van der Waals surface area contributed by atoms with Crippen LogP contribution >= 0.6 is 11.8 Å². The Morgan fingerprint density at radius 2 is 1.87 bits per heavy atom.